The van der Waals surface area contributed by atoms with Crippen molar-refractivity contribution in [1.82, 2.24) is 20.1 Å². The summed E-state index contributed by atoms with van der Waals surface area (Å²) in [5.41, 5.74) is 0.497. The molecule has 2 heterocycles. The number of carbonyl (C=O) groups excluding carboxylic acids is 2. The maximum Gasteiger partial charge on any atom is 0.417 e. The fourth-order valence-electron chi connectivity index (χ4n) is 2.92. The van der Waals surface area contributed by atoms with Crippen LogP contribution < -0.4 is 10.1 Å². The molecule has 0 aliphatic heterocycles. The van der Waals surface area contributed by atoms with E-state index < -0.39 is 30.2 Å². The number of methoxy groups -OCH3 is 1. The van der Waals surface area contributed by atoms with Crippen molar-refractivity contribution in [2.24, 2.45) is 0 Å². The van der Waals surface area contributed by atoms with Crippen LogP contribution in [0.2, 0.25) is 0 Å². The summed E-state index contributed by atoms with van der Waals surface area (Å²) in [6.07, 6.45) is -2.02. The third-order valence-electron chi connectivity index (χ3n) is 4.75. The van der Waals surface area contributed by atoms with E-state index in [-0.39, 0.29) is 11.4 Å². The Morgan fingerprint density at radius 2 is 1.82 bits per heavy atom. The highest BCUT2D eigenvalue weighted by atomic mass is 19.4. The number of carbonyl (C=O) groups is 2. The predicted molar refractivity (Wildman–Crippen MR) is 111 cm³/mol. The van der Waals surface area contributed by atoms with Crippen LogP contribution in [0.1, 0.15) is 27.2 Å². The molecule has 0 aliphatic carbocycles. The molecular weight excluding hydrogens is 441 g/mol. The number of aromatic nitrogens is 3. The molecule has 0 radical (unpaired) electrons. The second kappa shape index (κ2) is 10.2. The standard InChI is InChI=1S/C22H21F3N4O4/c1-14-18(12-28-29(14)19-8-5-16(11-27-19)22(23,24)25)21(31)33-13-20(30)26-10-9-15-3-6-17(32-2)7-4-15/h3-8,11-12H,9-10,13H2,1-2H3,(H,26,30). The van der Waals surface area contributed by atoms with Crippen LogP contribution in [-0.2, 0) is 22.1 Å². The summed E-state index contributed by atoms with van der Waals surface area (Å²) in [5, 5.41) is 6.64. The topological polar surface area (TPSA) is 95.3 Å². The van der Waals surface area contributed by atoms with Gasteiger partial charge < -0.3 is 14.8 Å². The summed E-state index contributed by atoms with van der Waals surface area (Å²) in [7, 11) is 1.58. The average Bonchev–Trinajstić information content (AvgIpc) is 3.18. The Kier molecular flexibility index (Phi) is 7.31. The Labute approximate surface area is 187 Å². The van der Waals surface area contributed by atoms with Crippen molar-refractivity contribution in [3.05, 3.63) is 71.2 Å². The number of rotatable bonds is 8. The molecule has 8 nitrogen and oxygen atoms in total. The number of hydrogen-bond donors (Lipinski definition) is 1. The van der Waals surface area contributed by atoms with Gasteiger partial charge in [0.05, 0.1) is 24.6 Å². The molecule has 1 aromatic carbocycles. The van der Waals surface area contributed by atoms with Crippen LogP contribution in [0.3, 0.4) is 0 Å². The molecule has 3 rings (SSSR count). The molecule has 1 amide bonds. The fraction of sp³-hybridized carbons (Fsp3) is 0.273. The molecule has 2 aromatic heterocycles. The minimum atomic E-state index is -4.51. The quantitative estimate of drug-likeness (QED) is 0.517. The summed E-state index contributed by atoms with van der Waals surface area (Å²) < 4.78 is 49.4. The zero-order chi connectivity index (χ0) is 24.0. The lowest BCUT2D eigenvalue weighted by Crippen LogP contribution is -2.30. The van der Waals surface area contributed by atoms with Gasteiger partial charge in [-0.2, -0.15) is 18.3 Å². The maximum absolute atomic E-state index is 12.7. The van der Waals surface area contributed by atoms with Gasteiger partial charge in [0.2, 0.25) is 0 Å². The first-order chi connectivity index (χ1) is 15.7. The van der Waals surface area contributed by atoms with E-state index in [4.69, 9.17) is 9.47 Å². The number of pyridine rings is 1. The number of nitrogens with one attached hydrogen (secondary N) is 1. The van der Waals surface area contributed by atoms with E-state index in [0.29, 0.717) is 24.9 Å². The summed E-state index contributed by atoms with van der Waals surface area (Å²) in [4.78, 5) is 28.0. The van der Waals surface area contributed by atoms with Crippen molar-refractivity contribution in [3.8, 4) is 11.6 Å². The van der Waals surface area contributed by atoms with Crippen molar-refractivity contribution >= 4 is 11.9 Å². The molecule has 0 spiro atoms. The zero-order valence-corrected chi connectivity index (χ0v) is 17.8. The molecule has 3 aromatic rings. The molecular formula is C22H21F3N4O4. The zero-order valence-electron chi connectivity index (χ0n) is 17.8. The molecule has 0 unspecified atom stereocenters. The number of esters is 1. The number of alkyl halides is 3. The minimum Gasteiger partial charge on any atom is -0.497 e. The minimum absolute atomic E-state index is 0.0720. The monoisotopic (exact) mass is 462 g/mol. The third-order valence-corrected chi connectivity index (χ3v) is 4.75. The van der Waals surface area contributed by atoms with Gasteiger partial charge >= 0.3 is 12.1 Å². The van der Waals surface area contributed by atoms with Crippen LogP contribution in [0.5, 0.6) is 5.75 Å². The molecule has 0 fully saturated rings. The van der Waals surface area contributed by atoms with Gasteiger partial charge in [-0.25, -0.2) is 14.5 Å². The van der Waals surface area contributed by atoms with Crippen LogP contribution in [0, 0.1) is 6.92 Å². The lowest BCUT2D eigenvalue weighted by atomic mass is 10.1. The average molecular weight is 462 g/mol. The second-order valence-corrected chi connectivity index (χ2v) is 6.98. The highest BCUT2D eigenvalue weighted by Crippen LogP contribution is 2.28. The normalized spacial score (nSPS) is 11.2. The number of amides is 1. The van der Waals surface area contributed by atoms with E-state index in [1.807, 2.05) is 24.3 Å². The maximum atomic E-state index is 12.7. The van der Waals surface area contributed by atoms with Gasteiger partial charge in [-0.05, 0) is 43.2 Å². The first-order valence-corrected chi connectivity index (χ1v) is 9.84. The van der Waals surface area contributed by atoms with Gasteiger partial charge in [-0.1, -0.05) is 12.1 Å². The van der Waals surface area contributed by atoms with Crippen molar-refractivity contribution in [2.45, 2.75) is 19.5 Å². The summed E-state index contributed by atoms with van der Waals surface area (Å²) in [6, 6.07) is 9.43. The first-order valence-electron chi connectivity index (χ1n) is 9.84. The van der Waals surface area contributed by atoms with Gasteiger partial charge in [-0.15, -0.1) is 0 Å². The van der Waals surface area contributed by atoms with Crippen molar-refractivity contribution in [2.75, 3.05) is 20.3 Å². The van der Waals surface area contributed by atoms with E-state index in [1.54, 1.807) is 7.11 Å². The van der Waals surface area contributed by atoms with E-state index in [2.05, 4.69) is 15.4 Å². The molecule has 0 saturated carbocycles. The van der Waals surface area contributed by atoms with Crippen LogP contribution in [-0.4, -0.2) is 46.9 Å². The lowest BCUT2D eigenvalue weighted by molar-refractivity contribution is -0.137. The SMILES string of the molecule is COc1ccc(CCNC(=O)COC(=O)c2cnn(-c3ccc(C(F)(F)F)cn3)c2C)cc1. The predicted octanol–water partition coefficient (Wildman–Crippen LogP) is 3.12. The van der Waals surface area contributed by atoms with E-state index >= 15 is 0 Å². The van der Waals surface area contributed by atoms with Gasteiger partial charge in [0.25, 0.3) is 5.91 Å². The largest absolute Gasteiger partial charge is 0.497 e. The summed E-state index contributed by atoms with van der Waals surface area (Å²) in [6.45, 7) is 1.42. The summed E-state index contributed by atoms with van der Waals surface area (Å²) in [5.74, 6) is -0.402. The Balaban J connectivity index is 1.51. The van der Waals surface area contributed by atoms with E-state index in [9.17, 15) is 22.8 Å². The molecule has 1 N–H and O–H groups in total. The van der Waals surface area contributed by atoms with E-state index in [0.717, 1.165) is 23.4 Å². The molecule has 33 heavy (non-hydrogen) atoms. The molecule has 0 saturated heterocycles. The number of halogens is 3. The molecule has 0 aliphatic rings. The lowest BCUT2D eigenvalue weighted by Gasteiger charge is -2.09. The van der Waals surface area contributed by atoms with Crippen molar-refractivity contribution < 1.29 is 32.2 Å². The smallest absolute Gasteiger partial charge is 0.417 e. The molecule has 11 heteroatoms. The van der Waals surface area contributed by atoms with Crippen LogP contribution in [0.4, 0.5) is 13.2 Å². The number of ether oxygens (including phenoxy) is 2. The second-order valence-electron chi connectivity index (χ2n) is 6.98. The molecule has 0 atom stereocenters. The summed E-state index contributed by atoms with van der Waals surface area (Å²) >= 11 is 0. The Morgan fingerprint density at radius 1 is 1.09 bits per heavy atom. The van der Waals surface area contributed by atoms with Gasteiger partial charge in [-0.3, -0.25) is 4.79 Å². The Bertz CT molecular complexity index is 1110. The van der Waals surface area contributed by atoms with Crippen LogP contribution in [0.25, 0.3) is 5.82 Å². The first kappa shape index (κ1) is 23.8. The van der Waals surface area contributed by atoms with Gasteiger partial charge in [0, 0.05) is 12.7 Å². The van der Waals surface area contributed by atoms with Crippen LogP contribution >= 0.6 is 0 Å². The molecule has 0 bridgehead atoms. The Morgan fingerprint density at radius 3 is 2.42 bits per heavy atom. The van der Waals surface area contributed by atoms with E-state index in [1.165, 1.54) is 17.8 Å². The van der Waals surface area contributed by atoms with Crippen LogP contribution in [0.15, 0.2) is 48.8 Å². The van der Waals surface area contributed by atoms with Crippen molar-refractivity contribution in [3.63, 3.8) is 0 Å². The number of hydrogen-bond acceptors (Lipinski definition) is 6. The fourth-order valence-corrected chi connectivity index (χ4v) is 2.92. The van der Waals surface area contributed by atoms with Crippen molar-refractivity contribution in [1.29, 1.82) is 0 Å². The van der Waals surface area contributed by atoms with Gasteiger partial charge in [0.15, 0.2) is 12.4 Å². The number of benzene rings is 1. The molecule has 174 valence electrons. The number of nitrogens with zero attached hydrogens (tertiary/aromatic N) is 3. The highest BCUT2D eigenvalue weighted by Gasteiger charge is 2.31. The Hall–Kier alpha value is -3.89. The third kappa shape index (κ3) is 6.09. The highest BCUT2D eigenvalue weighted by molar-refractivity contribution is 5.92. The van der Waals surface area contributed by atoms with Gasteiger partial charge in [0.1, 0.15) is 11.3 Å².